The molecule has 0 aliphatic carbocycles. The van der Waals surface area contributed by atoms with E-state index >= 15 is 0 Å². The Bertz CT molecular complexity index is 1130. The van der Waals surface area contributed by atoms with Crippen LogP contribution < -0.4 is 10.5 Å². The quantitative estimate of drug-likeness (QED) is 0.718. The van der Waals surface area contributed by atoms with Gasteiger partial charge in [0.15, 0.2) is 5.65 Å². The van der Waals surface area contributed by atoms with Crippen molar-refractivity contribution < 1.29 is 4.74 Å². The van der Waals surface area contributed by atoms with Crippen LogP contribution >= 0.6 is 0 Å². The van der Waals surface area contributed by atoms with Gasteiger partial charge in [0.25, 0.3) is 5.56 Å². The minimum atomic E-state index is -0.0879. The van der Waals surface area contributed by atoms with Gasteiger partial charge in [0.2, 0.25) is 5.95 Å². The van der Waals surface area contributed by atoms with Gasteiger partial charge in [-0.25, -0.2) is 0 Å². The van der Waals surface area contributed by atoms with E-state index in [4.69, 9.17) is 9.72 Å². The number of fused-ring (bicyclic) bond motifs is 1. The standard InChI is InChI=1S/C21H26N6O2/c1-13-11-21(12-29-13)6-9-27(10-7-21)20-23-18-16(19(28)26(20)3)17(24-25-18)15-5-4-8-22-14(15)2/h4-5,8,13H,6-7,9-12H2,1-3H3,(H,24,25)/t13-/m0/s1. The lowest BCUT2D eigenvalue weighted by molar-refractivity contribution is 0.0974. The highest BCUT2D eigenvalue weighted by molar-refractivity contribution is 5.91. The number of pyridine rings is 1. The zero-order valence-electron chi connectivity index (χ0n) is 17.1. The topological polar surface area (TPSA) is 88.9 Å². The van der Waals surface area contributed by atoms with Crippen LogP contribution in [0.4, 0.5) is 5.95 Å². The molecule has 0 aromatic carbocycles. The summed E-state index contributed by atoms with van der Waals surface area (Å²) in [6, 6.07) is 3.78. The smallest absolute Gasteiger partial charge is 0.266 e. The molecule has 1 spiro atoms. The minimum Gasteiger partial charge on any atom is -0.378 e. The van der Waals surface area contributed by atoms with Crippen LogP contribution in [0.25, 0.3) is 22.3 Å². The van der Waals surface area contributed by atoms with Gasteiger partial charge < -0.3 is 9.64 Å². The van der Waals surface area contributed by atoms with Gasteiger partial charge >= 0.3 is 0 Å². The van der Waals surface area contributed by atoms with Gasteiger partial charge in [-0.05, 0) is 50.7 Å². The van der Waals surface area contributed by atoms with E-state index in [0.717, 1.165) is 50.2 Å². The Labute approximate surface area is 168 Å². The van der Waals surface area contributed by atoms with Gasteiger partial charge in [0, 0.05) is 37.6 Å². The number of aromatic nitrogens is 5. The average Bonchev–Trinajstić information content (AvgIpc) is 3.30. The van der Waals surface area contributed by atoms with Crippen molar-refractivity contribution in [1.29, 1.82) is 0 Å². The highest BCUT2D eigenvalue weighted by Crippen LogP contribution is 2.42. The lowest BCUT2D eigenvalue weighted by Crippen LogP contribution is -2.43. The third-order valence-corrected chi connectivity index (χ3v) is 6.54. The molecule has 0 amide bonds. The fourth-order valence-electron chi connectivity index (χ4n) is 4.84. The van der Waals surface area contributed by atoms with E-state index in [-0.39, 0.29) is 11.0 Å². The molecule has 0 bridgehead atoms. The molecule has 152 valence electrons. The van der Waals surface area contributed by atoms with E-state index in [2.05, 4.69) is 27.0 Å². The molecule has 5 rings (SSSR count). The van der Waals surface area contributed by atoms with Gasteiger partial charge in [-0.1, -0.05) is 0 Å². The van der Waals surface area contributed by atoms with Crippen LogP contribution in [0.5, 0.6) is 0 Å². The Kier molecular flexibility index (Phi) is 4.20. The van der Waals surface area contributed by atoms with Crippen molar-refractivity contribution in [3.8, 4) is 11.3 Å². The summed E-state index contributed by atoms with van der Waals surface area (Å²) in [5, 5.41) is 7.88. The van der Waals surface area contributed by atoms with Crippen LogP contribution in [-0.4, -0.2) is 50.5 Å². The van der Waals surface area contributed by atoms with E-state index in [9.17, 15) is 4.79 Å². The second-order valence-corrected chi connectivity index (χ2v) is 8.52. The molecule has 8 heteroatoms. The maximum Gasteiger partial charge on any atom is 0.266 e. The van der Waals surface area contributed by atoms with E-state index < -0.39 is 0 Å². The van der Waals surface area contributed by atoms with Crippen LogP contribution in [0, 0.1) is 12.3 Å². The predicted molar refractivity (Wildman–Crippen MR) is 111 cm³/mol. The average molecular weight is 394 g/mol. The summed E-state index contributed by atoms with van der Waals surface area (Å²) in [6.45, 7) is 6.68. The molecule has 8 nitrogen and oxygen atoms in total. The van der Waals surface area contributed by atoms with E-state index in [1.165, 1.54) is 0 Å². The number of piperidine rings is 1. The molecule has 2 aliphatic rings. The second-order valence-electron chi connectivity index (χ2n) is 8.52. The Hall–Kier alpha value is -2.74. The van der Waals surface area contributed by atoms with Crippen molar-refractivity contribution in [2.24, 2.45) is 12.5 Å². The van der Waals surface area contributed by atoms with Gasteiger partial charge in [0.1, 0.15) is 11.1 Å². The summed E-state index contributed by atoms with van der Waals surface area (Å²) in [5.74, 6) is 0.697. The molecule has 0 radical (unpaired) electrons. The summed E-state index contributed by atoms with van der Waals surface area (Å²) < 4.78 is 7.49. The zero-order valence-corrected chi connectivity index (χ0v) is 17.1. The van der Waals surface area contributed by atoms with E-state index in [1.807, 2.05) is 19.1 Å². The Balaban J connectivity index is 1.50. The number of nitrogens with one attached hydrogen (secondary N) is 1. The highest BCUT2D eigenvalue weighted by Gasteiger charge is 2.41. The molecule has 2 fully saturated rings. The lowest BCUT2D eigenvalue weighted by Gasteiger charge is -2.39. The number of anilines is 1. The van der Waals surface area contributed by atoms with Crippen molar-refractivity contribution >= 4 is 17.0 Å². The molecule has 1 atom stereocenters. The Morgan fingerprint density at radius 3 is 2.79 bits per heavy atom. The van der Waals surface area contributed by atoms with Crippen LogP contribution in [0.1, 0.15) is 31.9 Å². The number of H-pyrrole nitrogens is 1. The van der Waals surface area contributed by atoms with E-state index in [0.29, 0.717) is 28.8 Å². The van der Waals surface area contributed by atoms with Crippen LogP contribution in [0.2, 0.25) is 0 Å². The molecule has 0 saturated carbocycles. The number of aromatic amines is 1. The van der Waals surface area contributed by atoms with Crippen LogP contribution in [0.3, 0.4) is 0 Å². The number of ether oxygens (including phenoxy) is 1. The Morgan fingerprint density at radius 1 is 1.31 bits per heavy atom. The normalized spacial score (nSPS) is 21.3. The van der Waals surface area contributed by atoms with Crippen LogP contribution in [-0.2, 0) is 11.8 Å². The van der Waals surface area contributed by atoms with Gasteiger partial charge in [-0.15, -0.1) is 0 Å². The van der Waals surface area contributed by atoms with Crippen molar-refractivity contribution in [3.05, 3.63) is 34.4 Å². The number of aryl methyl sites for hydroxylation is 1. The summed E-state index contributed by atoms with van der Waals surface area (Å²) in [4.78, 5) is 24.6. The largest absolute Gasteiger partial charge is 0.378 e. The first-order valence-electron chi connectivity index (χ1n) is 10.2. The maximum atomic E-state index is 13.2. The summed E-state index contributed by atoms with van der Waals surface area (Å²) >= 11 is 0. The first-order chi connectivity index (χ1) is 14.0. The second kappa shape index (κ2) is 6.66. The SMILES string of the molecule is Cc1ncccc1-c1n[nH]c2nc(N3CCC4(CC3)CO[C@@H](C)C4)n(C)c(=O)c12. The number of nitrogens with zero attached hydrogens (tertiary/aromatic N) is 5. The summed E-state index contributed by atoms with van der Waals surface area (Å²) in [7, 11) is 1.79. The van der Waals surface area contributed by atoms with Gasteiger partial charge in [0.05, 0.1) is 12.7 Å². The number of hydrogen-bond donors (Lipinski definition) is 1. The van der Waals surface area contributed by atoms with Gasteiger partial charge in [-0.3, -0.25) is 19.4 Å². The molecule has 1 N–H and O–H groups in total. The molecular weight excluding hydrogens is 368 g/mol. The predicted octanol–water partition coefficient (Wildman–Crippen LogP) is 2.42. The minimum absolute atomic E-state index is 0.0879. The van der Waals surface area contributed by atoms with Crippen LogP contribution in [0.15, 0.2) is 23.1 Å². The molecule has 2 aliphatic heterocycles. The van der Waals surface area contributed by atoms with Gasteiger partial charge in [-0.2, -0.15) is 10.1 Å². The molecule has 3 aromatic heterocycles. The van der Waals surface area contributed by atoms with Crippen molar-refractivity contribution in [2.45, 2.75) is 39.2 Å². The van der Waals surface area contributed by atoms with E-state index in [1.54, 1.807) is 17.8 Å². The molecule has 0 unspecified atom stereocenters. The first-order valence-corrected chi connectivity index (χ1v) is 10.2. The molecule has 3 aromatic rings. The maximum absolute atomic E-state index is 13.2. The third kappa shape index (κ3) is 2.93. The highest BCUT2D eigenvalue weighted by atomic mass is 16.5. The fraction of sp³-hybridized carbons (Fsp3) is 0.524. The number of rotatable bonds is 2. The lowest BCUT2D eigenvalue weighted by atomic mass is 9.77. The molecular formula is C21H26N6O2. The first kappa shape index (κ1) is 18.3. The molecule has 2 saturated heterocycles. The number of hydrogen-bond acceptors (Lipinski definition) is 6. The van der Waals surface area contributed by atoms with Crippen molar-refractivity contribution in [2.75, 3.05) is 24.6 Å². The molecule has 29 heavy (non-hydrogen) atoms. The Morgan fingerprint density at radius 2 is 2.10 bits per heavy atom. The van der Waals surface area contributed by atoms with Crippen molar-refractivity contribution in [1.82, 2.24) is 24.7 Å². The van der Waals surface area contributed by atoms with Crippen molar-refractivity contribution in [3.63, 3.8) is 0 Å². The zero-order chi connectivity index (χ0) is 20.2. The molecule has 5 heterocycles. The fourth-order valence-corrected chi connectivity index (χ4v) is 4.84. The monoisotopic (exact) mass is 394 g/mol. The summed E-state index contributed by atoms with van der Waals surface area (Å²) in [6.07, 6.45) is 5.34. The third-order valence-electron chi connectivity index (χ3n) is 6.54. The summed E-state index contributed by atoms with van der Waals surface area (Å²) in [5.41, 5.74) is 3.02.